The van der Waals surface area contributed by atoms with Crippen LogP contribution in [0.15, 0.2) is 24.3 Å². The SMILES string of the molecule is CC1C[C@@H](C)C(N2[CH+]N(C3[C@@H](C)CC(C)C[C@@H]3C)CC2)[C@H](C)C1.CNC(=O)/C=C/c1ccc([OH+]C(C)C)c([CH]=[Ru]([Cl])[Cl])c1. The summed E-state index contributed by atoms with van der Waals surface area (Å²) < 4.78 is 6.40. The van der Waals surface area contributed by atoms with E-state index in [9.17, 15) is 4.79 Å². The van der Waals surface area contributed by atoms with Crippen molar-refractivity contribution in [3.8, 4) is 5.75 Å². The molecule has 1 aliphatic heterocycles. The number of aromatic hydroxyl groups is 1. The molecule has 0 radical (unpaired) electrons. The van der Waals surface area contributed by atoms with Gasteiger partial charge in [0.2, 0.25) is 6.67 Å². The number of carbonyl (C=O) groups is 1. The zero-order valence-electron chi connectivity index (χ0n) is 27.8. The molecule has 1 aromatic rings. The maximum absolute atomic E-state index is 11.2. The minimum absolute atomic E-state index is 0.145. The van der Waals surface area contributed by atoms with Gasteiger partial charge in [0.25, 0.3) is 0 Å². The van der Waals surface area contributed by atoms with Gasteiger partial charge in [-0.3, -0.25) is 0 Å². The molecule has 0 aromatic heterocycles. The van der Waals surface area contributed by atoms with Crippen LogP contribution in [0.25, 0.3) is 6.08 Å². The fourth-order valence-corrected chi connectivity index (χ4v) is 9.99. The van der Waals surface area contributed by atoms with Crippen molar-refractivity contribution in [2.45, 2.75) is 99.3 Å². The number of nitrogens with one attached hydrogen (secondary N) is 1. The van der Waals surface area contributed by atoms with Crippen LogP contribution >= 0.6 is 19.4 Å². The van der Waals surface area contributed by atoms with E-state index >= 15 is 0 Å². The molecule has 3 aliphatic rings. The minimum atomic E-state index is -1.92. The van der Waals surface area contributed by atoms with Crippen molar-refractivity contribution in [1.29, 1.82) is 0 Å². The van der Waals surface area contributed by atoms with Crippen LogP contribution in [0.1, 0.15) is 92.2 Å². The summed E-state index contributed by atoms with van der Waals surface area (Å²) in [5.41, 5.74) is 1.83. The standard InChI is InChI=1S/C21H39N2.C14H17NO2.2ClH.Ru/c1-14-9-16(3)20(17(4)10-14)22-7-8-23(13-22)21-18(5)11-15(2)12-19(21)6;1-10(2)17-13-7-5-12(9-11(13)3)6-8-14(16)15-4;;;/h13-21H,7-12H2,1-6H3;3,5-10H,1-2,4H3,(H,15,16);2*1H;/q+1;;;;+2/p-1/b;8-6+;;;/t14?,15?,16-,17-,18+,19+,20?,21?;;;;. The van der Waals surface area contributed by atoms with Gasteiger partial charge < -0.3 is 0 Å². The molecule has 4 rings (SSSR count). The van der Waals surface area contributed by atoms with Gasteiger partial charge in [-0.05, 0) is 61.2 Å². The Kier molecular flexibility index (Phi) is 14.6. The molecule has 1 amide bonds. The average Bonchev–Trinajstić information content (AvgIpc) is 3.36. The van der Waals surface area contributed by atoms with Crippen LogP contribution in [0.2, 0.25) is 0 Å². The van der Waals surface area contributed by atoms with Crippen molar-refractivity contribution in [2.75, 3.05) is 20.1 Å². The summed E-state index contributed by atoms with van der Waals surface area (Å²) in [6.07, 6.45) is 9.06. The number of aliphatic hydroxyl groups is 1. The van der Waals surface area contributed by atoms with Crippen molar-refractivity contribution >= 4 is 36.0 Å². The molecular formula is C35H57Cl2N3O2Ru+2. The van der Waals surface area contributed by atoms with Gasteiger partial charge in [0, 0.05) is 0 Å². The molecule has 2 N–H and O–H groups in total. The number of likely N-dealkylation sites (N-methyl/N-ethyl adjacent to an activating group) is 1. The van der Waals surface area contributed by atoms with Crippen LogP contribution in [-0.4, -0.2) is 63.4 Å². The molecule has 2 saturated carbocycles. The van der Waals surface area contributed by atoms with Crippen LogP contribution in [-0.2, 0) is 18.3 Å². The van der Waals surface area contributed by atoms with Gasteiger partial charge in [0.1, 0.15) is 0 Å². The molecular weight excluding hydrogens is 666 g/mol. The Morgan fingerprint density at radius 3 is 1.84 bits per heavy atom. The van der Waals surface area contributed by atoms with Gasteiger partial charge in [-0.15, -0.1) is 9.80 Å². The Labute approximate surface area is 275 Å². The number of rotatable bonds is 7. The van der Waals surface area contributed by atoms with Crippen molar-refractivity contribution in [3.05, 3.63) is 42.1 Å². The average molecular weight is 724 g/mol. The first kappa shape index (κ1) is 36.6. The summed E-state index contributed by atoms with van der Waals surface area (Å²) in [6, 6.07) is 7.30. The molecule has 0 bridgehead atoms. The number of nitrogens with zero attached hydrogens (tertiary/aromatic N) is 2. The van der Waals surface area contributed by atoms with Crippen LogP contribution in [0, 0.1) is 42.2 Å². The summed E-state index contributed by atoms with van der Waals surface area (Å²) in [5, 5.41) is 2.53. The molecule has 3 fully saturated rings. The van der Waals surface area contributed by atoms with E-state index in [1.807, 2.05) is 36.7 Å². The van der Waals surface area contributed by atoms with Crippen LogP contribution in [0.4, 0.5) is 0 Å². The topological polar surface area (TPSA) is 48.4 Å². The molecule has 1 saturated heterocycles. The van der Waals surface area contributed by atoms with E-state index < -0.39 is 13.5 Å². The fraction of sp³-hybridized carbons (Fsp3) is 0.686. The zero-order chi connectivity index (χ0) is 31.8. The molecule has 0 unspecified atom stereocenters. The Morgan fingerprint density at radius 2 is 1.42 bits per heavy atom. The van der Waals surface area contributed by atoms with Crippen LogP contribution in [0.5, 0.6) is 5.75 Å². The molecule has 8 heteroatoms. The van der Waals surface area contributed by atoms with Gasteiger partial charge in [-0.25, -0.2) is 0 Å². The van der Waals surface area contributed by atoms with E-state index in [0.717, 1.165) is 64.5 Å². The third-order valence-electron chi connectivity index (χ3n) is 9.42. The van der Waals surface area contributed by atoms with E-state index in [0.29, 0.717) is 0 Å². The maximum atomic E-state index is 11.2. The second-order valence-corrected chi connectivity index (χ2v) is 19.7. The molecule has 5 nitrogen and oxygen atoms in total. The molecule has 4 atom stereocenters. The predicted octanol–water partition coefficient (Wildman–Crippen LogP) is 8.04. The number of ether oxygens (including phenoxy) is 1. The number of benzene rings is 1. The molecule has 244 valence electrons. The van der Waals surface area contributed by atoms with Crippen molar-refractivity contribution < 1.29 is 23.0 Å². The van der Waals surface area contributed by atoms with Gasteiger partial charge >= 0.3 is 132 Å². The number of hydrogen-bond donors (Lipinski definition) is 1. The number of halogens is 2. The third-order valence-corrected chi connectivity index (χ3v) is 11.2. The fourth-order valence-electron chi connectivity index (χ4n) is 8.20. The molecule has 0 spiro atoms. The molecule has 1 heterocycles. The van der Waals surface area contributed by atoms with Gasteiger partial charge in [-0.2, -0.15) is 0 Å². The monoisotopic (exact) mass is 723 g/mol. The number of amides is 1. The first-order valence-corrected chi connectivity index (χ1v) is 21.7. The first-order valence-electron chi connectivity index (χ1n) is 16.2. The van der Waals surface area contributed by atoms with Crippen molar-refractivity contribution in [1.82, 2.24) is 15.1 Å². The van der Waals surface area contributed by atoms with E-state index in [2.05, 4.69) is 68.1 Å². The molecule has 1 aromatic carbocycles. The Balaban J connectivity index is 0.000000238. The van der Waals surface area contributed by atoms with Gasteiger partial charge in [0.15, 0.2) is 0 Å². The van der Waals surface area contributed by atoms with Crippen LogP contribution in [0.3, 0.4) is 0 Å². The second-order valence-electron chi connectivity index (χ2n) is 13.9. The summed E-state index contributed by atoms with van der Waals surface area (Å²) in [4.78, 5) is 16.6. The zero-order valence-corrected chi connectivity index (χ0v) is 31.1. The Hall–Kier alpha value is -0.907. The first-order chi connectivity index (χ1) is 20.3. The second kappa shape index (κ2) is 17.1. The van der Waals surface area contributed by atoms with E-state index in [-0.39, 0.29) is 12.0 Å². The van der Waals surface area contributed by atoms with Gasteiger partial charge in [0.05, 0.1) is 25.2 Å². The molecule has 2 aliphatic carbocycles. The quantitative estimate of drug-likeness (QED) is 0.134. The number of hydrogen-bond acceptors (Lipinski definition) is 3. The van der Waals surface area contributed by atoms with Gasteiger partial charge in [-0.1, -0.05) is 41.5 Å². The molecule has 43 heavy (non-hydrogen) atoms. The van der Waals surface area contributed by atoms with E-state index in [4.69, 9.17) is 19.4 Å². The third kappa shape index (κ3) is 10.8. The van der Waals surface area contributed by atoms with Crippen molar-refractivity contribution in [3.63, 3.8) is 0 Å². The Morgan fingerprint density at radius 1 is 0.930 bits per heavy atom. The van der Waals surface area contributed by atoms with Crippen LogP contribution < -0.4 is 5.32 Å². The van der Waals surface area contributed by atoms with E-state index in [1.54, 1.807) is 13.1 Å². The summed E-state index contributed by atoms with van der Waals surface area (Å²) in [5.74, 6) is 5.91. The Bertz CT molecular complexity index is 1050. The van der Waals surface area contributed by atoms with Crippen molar-refractivity contribution in [2.24, 2.45) is 35.5 Å². The summed E-state index contributed by atoms with van der Waals surface area (Å²) >= 11 is -1.92. The summed E-state index contributed by atoms with van der Waals surface area (Å²) in [6.45, 7) is 23.9. The van der Waals surface area contributed by atoms with E-state index in [1.165, 1.54) is 44.8 Å². The normalized spacial score (nSPS) is 32.1. The predicted molar refractivity (Wildman–Crippen MR) is 182 cm³/mol. The number of carbonyl (C=O) groups excluding carboxylic acids is 1. The summed E-state index contributed by atoms with van der Waals surface area (Å²) in [7, 11) is 13.5.